The zero-order valence-corrected chi connectivity index (χ0v) is 14.8. The van der Waals surface area contributed by atoms with Crippen molar-refractivity contribution in [3.63, 3.8) is 0 Å². The lowest BCUT2D eigenvalue weighted by Gasteiger charge is -2.34. The van der Waals surface area contributed by atoms with Gasteiger partial charge in [0, 0.05) is 18.6 Å². The maximum Gasteiger partial charge on any atom is 0.416 e. The van der Waals surface area contributed by atoms with Gasteiger partial charge < -0.3 is 0 Å². The van der Waals surface area contributed by atoms with Crippen LogP contribution in [0.4, 0.5) is 13.2 Å². The molecule has 2 aliphatic rings. The van der Waals surface area contributed by atoms with Crippen molar-refractivity contribution in [2.75, 3.05) is 0 Å². The van der Waals surface area contributed by atoms with E-state index in [-0.39, 0.29) is 5.56 Å². The van der Waals surface area contributed by atoms with Gasteiger partial charge in [-0.15, -0.1) is 0 Å². The third kappa shape index (κ3) is 3.30. The lowest BCUT2D eigenvalue weighted by Crippen LogP contribution is -2.37. The molecular formula is C22H22F3N. The lowest BCUT2D eigenvalue weighted by molar-refractivity contribution is -0.138. The van der Waals surface area contributed by atoms with E-state index < -0.39 is 11.7 Å². The first-order valence-electron chi connectivity index (χ1n) is 9.10. The Kier molecular flexibility index (Phi) is 4.39. The summed E-state index contributed by atoms with van der Waals surface area (Å²) in [6.07, 6.45) is 0.906. The maximum absolute atomic E-state index is 13.2. The molecule has 0 aromatic heterocycles. The van der Waals surface area contributed by atoms with Crippen LogP contribution >= 0.6 is 0 Å². The minimum Gasteiger partial charge on any atom is -0.289 e. The first-order valence-corrected chi connectivity index (χ1v) is 9.10. The number of rotatable bonds is 3. The molecule has 4 rings (SSSR count). The van der Waals surface area contributed by atoms with E-state index in [1.54, 1.807) is 6.07 Å². The second-order valence-corrected chi connectivity index (χ2v) is 7.38. The molecule has 2 bridgehead atoms. The standard InChI is InChI=1S/C22H22F3N/c1-15-7-8-17(13-21(15)22(23,24)25)18-11-19-9-10-20(12-18)26(19)14-16-5-3-2-4-6-16/h2-8,11,13,19-20H,9-10,12,14H2,1H3. The second-order valence-electron chi connectivity index (χ2n) is 7.38. The Balaban J connectivity index is 1.60. The molecule has 2 heterocycles. The highest BCUT2D eigenvalue weighted by Gasteiger charge is 2.37. The normalized spacial score (nSPS) is 23.2. The van der Waals surface area contributed by atoms with E-state index in [1.807, 2.05) is 24.3 Å². The van der Waals surface area contributed by atoms with E-state index in [4.69, 9.17) is 0 Å². The van der Waals surface area contributed by atoms with Crippen LogP contribution in [0.25, 0.3) is 5.57 Å². The van der Waals surface area contributed by atoms with Crippen LogP contribution in [0, 0.1) is 6.92 Å². The summed E-state index contributed by atoms with van der Waals surface area (Å²) < 4.78 is 39.7. The van der Waals surface area contributed by atoms with Gasteiger partial charge in [-0.2, -0.15) is 13.2 Å². The Morgan fingerprint density at radius 3 is 2.50 bits per heavy atom. The Labute approximate surface area is 152 Å². The number of hydrogen-bond acceptors (Lipinski definition) is 1. The first-order chi connectivity index (χ1) is 12.4. The van der Waals surface area contributed by atoms with E-state index in [0.29, 0.717) is 12.1 Å². The third-order valence-electron chi connectivity index (χ3n) is 5.66. The fourth-order valence-electron chi connectivity index (χ4n) is 4.30. The van der Waals surface area contributed by atoms with Crippen LogP contribution in [-0.2, 0) is 12.7 Å². The van der Waals surface area contributed by atoms with Crippen LogP contribution in [0.5, 0.6) is 0 Å². The average Bonchev–Trinajstić information content (AvgIpc) is 2.84. The molecule has 2 aromatic carbocycles. The third-order valence-corrected chi connectivity index (χ3v) is 5.66. The van der Waals surface area contributed by atoms with Crippen molar-refractivity contribution in [1.29, 1.82) is 0 Å². The molecule has 2 aromatic rings. The Morgan fingerprint density at radius 2 is 1.81 bits per heavy atom. The maximum atomic E-state index is 13.2. The minimum atomic E-state index is -4.30. The number of alkyl halides is 3. The number of fused-ring (bicyclic) bond motifs is 2. The lowest BCUT2D eigenvalue weighted by atomic mass is 9.92. The molecule has 0 radical (unpaired) electrons. The van der Waals surface area contributed by atoms with Crippen LogP contribution in [0.2, 0.25) is 0 Å². The largest absolute Gasteiger partial charge is 0.416 e. The fraction of sp³-hybridized carbons (Fsp3) is 0.364. The molecule has 1 saturated heterocycles. The van der Waals surface area contributed by atoms with Gasteiger partial charge in [0.15, 0.2) is 0 Å². The van der Waals surface area contributed by atoms with E-state index >= 15 is 0 Å². The molecule has 26 heavy (non-hydrogen) atoms. The summed E-state index contributed by atoms with van der Waals surface area (Å²) in [5.41, 5.74) is 2.84. The predicted octanol–water partition coefficient (Wildman–Crippen LogP) is 5.83. The predicted molar refractivity (Wildman–Crippen MR) is 97.6 cm³/mol. The van der Waals surface area contributed by atoms with Crippen LogP contribution < -0.4 is 0 Å². The van der Waals surface area contributed by atoms with Gasteiger partial charge in [0.2, 0.25) is 0 Å². The van der Waals surface area contributed by atoms with E-state index in [2.05, 4.69) is 23.1 Å². The van der Waals surface area contributed by atoms with Crippen LogP contribution in [-0.4, -0.2) is 17.0 Å². The summed E-state index contributed by atoms with van der Waals surface area (Å²) in [5.74, 6) is 0. The molecule has 2 unspecified atom stereocenters. The molecule has 136 valence electrons. The molecule has 2 aliphatic heterocycles. The van der Waals surface area contributed by atoms with Crippen LogP contribution in [0.15, 0.2) is 54.6 Å². The zero-order chi connectivity index (χ0) is 18.3. The highest BCUT2D eigenvalue weighted by atomic mass is 19.4. The smallest absolute Gasteiger partial charge is 0.289 e. The van der Waals surface area contributed by atoms with Gasteiger partial charge in [0.1, 0.15) is 0 Å². The summed E-state index contributed by atoms with van der Waals surface area (Å²) in [7, 11) is 0. The molecule has 2 atom stereocenters. The molecule has 0 amide bonds. The summed E-state index contributed by atoms with van der Waals surface area (Å²) in [5, 5.41) is 0. The van der Waals surface area contributed by atoms with E-state index in [1.165, 1.54) is 18.6 Å². The Morgan fingerprint density at radius 1 is 1.04 bits per heavy atom. The molecule has 0 saturated carbocycles. The SMILES string of the molecule is Cc1ccc(C2=CC3CCC(C2)N3Cc2ccccc2)cc1C(F)(F)F. The molecule has 0 aliphatic carbocycles. The van der Waals surface area contributed by atoms with Gasteiger partial charge in [-0.3, -0.25) is 4.90 Å². The molecular weight excluding hydrogens is 335 g/mol. The summed E-state index contributed by atoms with van der Waals surface area (Å²) in [6.45, 7) is 2.43. The molecule has 0 spiro atoms. The minimum absolute atomic E-state index is 0.284. The molecule has 1 fully saturated rings. The van der Waals surface area contributed by atoms with Gasteiger partial charge in [-0.25, -0.2) is 0 Å². The topological polar surface area (TPSA) is 3.24 Å². The van der Waals surface area contributed by atoms with Gasteiger partial charge in [-0.05, 0) is 54.5 Å². The summed E-state index contributed by atoms with van der Waals surface area (Å²) in [4.78, 5) is 2.50. The van der Waals surface area contributed by atoms with Crippen molar-refractivity contribution in [3.8, 4) is 0 Å². The van der Waals surface area contributed by atoms with Crippen molar-refractivity contribution < 1.29 is 13.2 Å². The monoisotopic (exact) mass is 357 g/mol. The molecule has 0 N–H and O–H groups in total. The van der Waals surface area contributed by atoms with Crippen molar-refractivity contribution in [3.05, 3.63) is 76.9 Å². The molecule has 1 nitrogen and oxygen atoms in total. The number of hydrogen-bond donors (Lipinski definition) is 0. The summed E-state index contributed by atoms with van der Waals surface area (Å²) >= 11 is 0. The van der Waals surface area contributed by atoms with E-state index in [9.17, 15) is 13.2 Å². The summed E-state index contributed by atoms with van der Waals surface area (Å²) in [6, 6.07) is 15.9. The van der Waals surface area contributed by atoms with Crippen molar-refractivity contribution in [2.45, 2.75) is 51.0 Å². The van der Waals surface area contributed by atoms with Gasteiger partial charge >= 0.3 is 6.18 Å². The van der Waals surface area contributed by atoms with E-state index in [0.717, 1.165) is 36.9 Å². The highest BCUT2D eigenvalue weighted by molar-refractivity contribution is 5.69. The van der Waals surface area contributed by atoms with Gasteiger partial charge in [0.25, 0.3) is 0 Å². The number of aryl methyl sites for hydroxylation is 1. The Bertz CT molecular complexity index is 823. The van der Waals surface area contributed by atoms with Crippen molar-refractivity contribution in [1.82, 2.24) is 4.90 Å². The average molecular weight is 357 g/mol. The second kappa shape index (κ2) is 6.58. The number of halogens is 3. The number of benzene rings is 2. The van der Waals surface area contributed by atoms with Crippen molar-refractivity contribution in [2.24, 2.45) is 0 Å². The fourth-order valence-corrected chi connectivity index (χ4v) is 4.30. The van der Waals surface area contributed by atoms with Gasteiger partial charge in [-0.1, -0.05) is 48.5 Å². The zero-order valence-electron chi connectivity index (χ0n) is 14.8. The van der Waals surface area contributed by atoms with Crippen molar-refractivity contribution >= 4 is 5.57 Å². The van der Waals surface area contributed by atoms with Crippen LogP contribution in [0.3, 0.4) is 0 Å². The van der Waals surface area contributed by atoms with Gasteiger partial charge in [0.05, 0.1) is 5.56 Å². The molecule has 4 heteroatoms. The first kappa shape index (κ1) is 17.3. The quantitative estimate of drug-likeness (QED) is 0.668. The Hall–Kier alpha value is -2.07. The van der Waals surface area contributed by atoms with Crippen LogP contribution in [0.1, 0.15) is 41.5 Å². The number of nitrogens with zero attached hydrogens (tertiary/aromatic N) is 1. The highest BCUT2D eigenvalue weighted by Crippen LogP contribution is 2.41.